The molecule has 2 fully saturated rings. The van der Waals surface area contributed by atoms with Crippen LogP contribution < -0.4 is 9.60 Å². The van der Waals surface area contributed by atoms with Gasteiger partial charge in [0, 0.05) is 13.1 Å². The third kappa shape index (κ3) is 2.23. The number of fused-ring (bicyclic) bond motifs is 3. The van der Waals surface area contributed by atoms with Crippen LogP contribution in [0.3, 0.4) is 0 Å². The molecule has 7 heteroatoms. The number of benzene rings is 1. The summed E-state index contributed by atoms with van der Waals surface area (Å²) in [6, 6.07) is 4.98. The van der Waals surface area contributed by atoms with Crippen LogP contribution >= 0.6 is 11.3 Å². The fourth-order valence-corrected chi connectivity index (χ4v) is 6.27. The number of rotatable bonds is 3. The van der Waals surface area contributed by atoms with E-state index in [0.29, 0.717) is 16.5 Å². The van der Waals surface area contributed by atoms with E-state index in [-0.39, 0.29) is 15.8 Å². The molecule has 1 N–H and O–H groups in total. The van der Waals surface area contributed by atoms with Crippen molar-refractivity contribution < 1.29 is 8.42 Å². The van der Waals surface area contributed by atoms with Crippen molar-refractivity contribution in [2.24, 2.45) is 18.9 Å². The van der Waals surface area contributed by atoms with E-state index in [9.17, 15) is 13.2 Å². The van der Waals surface area contributed by atoms with Crippen LogP contribution in [0, 0.1) is 11.8 Å². The monoisotopic (exact) mass is 338 g/mol. The maximum Gasteiger partial charge on any atom is 0.307 e. The molecular weight excluding hydrogens is 320 g/mol. The van der Waals surface area contributed by atoms with E-state index in [1.165, 1.54) is 6.42 Å². The Kier molecular flexibility index (Phi) is 3.22. The third-order valence-electron chi connectivity index (χ3n) is 5.12. The Morgan fingerprint density at radius 2 is 2.09 bits per heavy atom. The number of nitrogens with zero attached hydrogens (tertiary/aromatic N) is 1. The Morgan fingerprint density at radius 1 is 1.27 bits per heavy atom. The summed E-state index contributed by atoms with van der Waals surface area (Å²) in [6.45, 7) is 0. The van der Waals surface area contributed by atoms with Crippen LogP contribution in [0.4, 0.5) is 0 Å². The lowest BCUT2D eigenvalue weighted by Crippen LogP contribution is -2.38. The van der Waals surface area contributed by atoms with Gasteiger partial charge in [0.2, 0.25) is 10.0 Å². The maximum absolute atomic E-state index is 12.6. The molecule has 3 atom stereocenters. The van der Waals surface area contributed by atoms with Gasteiger partial charge in [0.25, 0.3) is 0 Å². The number of sulfonamides is 1. The number of aromatic nitrogens is 1. The van der Waals surface area contributed by atoms with Gasteiger partial charge in [-0.25, -0.2) is 13.1 Å². The molecule has 1 aromatic carbocycles. The Hall–Kier alpha value is -1.18. The van der Waals surface area contributed by atoms with E-state index in [1.54, 1.807) is 29.8 Å². The molecule has 0 radical (unpaired) electrons. The average molecular weight is 338 g/mol. The number of aryl methyl sites for hydroxylation is 1. The molecule has 1 heterocycles. The number of hydrogen-bond donors (Lipinski definition) is 1. The van der Waals surface area contributed by atoms with Crippen molar-refractivity contribution in [2.75, 3.05) is 0 Å². The van der Waals surface area contributed by atoms with Gasteiger partial charge in [-0.2, -0.15) is 0 Å². The van der Waals surface area contributed by atoms with Crippen molar-refractivity contribution >= 4 is 31.6 Å². The van der Waals surface area contributed by atoms with E-state index in [1.807, 2.05) is 0 Å². The lowest BCUT2D eigenvalue weighted by Gasteiger charge is -2.22. The smallest absolute Gasteiger partial charge is 0.302 e. The van der Waals surface area contributed by atoms with Crippen LogP contribution in [0.5, 0.6) is 0 Å². The molecule has 0 aliphatic heterocycles. The Balaban J connectivity index is 1.66. The fraction of sp³-hybridized carbons (Fsp3) is 0.533. The summed E-state index contributed by atoms with van der Waals surface area (Å²) in [4.78, 5) is 11.9. The predicted molar refractivity (Wildman–Crippen MR) is 86.6 cm³/mol. The average Bonchev–Trinajstić information content (AvgIpc) is 3.14. The SMILES string of the molecule is Cn1c(=O)sc2cc(S(=O)(=O)N[C@@H]3C[C@@H]4CC[C@@H]3C4)ccc21. The quantitative estimate of drug-likeness (QED) is 0.931. The van der Waals surface area contributed by atoms with E-state index in [2.05, 4.69) is 4.72 Å². The van der Waals surface area contributed by atoms with Gasteiger partial charge in [-0.05, 0) is 49.3 Å². The minimum atomic E-state index is -3.52. The minimum absolute atomic E-state index is 0.0777. The van der Waals surface area contributed by atoms with Gasteiger partial charge >= 0.3 is 4.87 Å². The van der Waals surface area contributed by atoms with Crippen molar-refractivity contribution in [3.63, 3.8) is 0 Å². The lowest BCUT2D eigenvalue weighted by molar-refractivity contribution is 0.390. The molecule has 0 saturated heterocycles. The molecule has 0 unspecified atom stereocenters. The molecule has 2 saturated carbocycles. The molecule has 22 heavy (non-hydrogen) atoms. The molecule has 2 bridgehead atoms. The van der Waals surface area contributed by atoms with Crippen molar-refractivity contribution in [2.45, 2.75) is 36.6 Å². The zero-order valence-corrected chi connectivity index (χ0v) is 13.9. The summed E-state index contributed by atoms with van der Waals surface area (Å²) < 4.78 is 30.4. The molecule has 0 amide bonds. The summed E-state index contributed by atoms with van der Waals surface area (Å²) in [6.07, 6.45) is 4.50. The highest BCUT2D eigenvalue weighted by Crippen LogP contribution is 2.44. The van der Waals surface area contributed by atoms with Gasteiger partial charge < -0.3 is 4.57 Å². The molecular formula is C15H18N2O3S2. The van der Waals surface area contributed by atoms with Gasteiger partial charge in [0.05, 0.1) is 15.1 Å². The van der Waals surface area contributed by atoms with Crippen LogP contribution in [0.25, 0.3) is 10.2 Å². The molecule has 2 aliphatic rings. The number of nitrogens with one attached hydrogen (secondary N) is 1. The second-order valence-corrected chi connectivity index (χ2v) is 9.17. The molecule has 2 aliphatic carbocycles. The van der Waals surface area contributed by atoms with Gasteiger partial charge in [0.1, 0.15) is 0 Å². The first-order chi connectivity index (χ1) is 10.4. The lowest BCUT2D eigenvalue weighted by atomic mass is 9.96. The van der Waals surface area contributed by atoms with Gasteiger partial charge in [-0.3, -0.25) is 4.79 Å². The Morgan fingerprint density at radius 3 is 2.77 bits per heavy atom. The zero-order chi connectivity index (χ0) is 15.5. The fourth-order valence-electron chi connectivity index (χ4n) is 3.94. The third-order valence-corrected chi connectivity index (χ3v) is 7.60. The van der Waals surface area contributed by atoms with Crippen molar-refractivity contribution in [3.05, 3.63) is 27.9 Å². The molecule has 5 nitrogen and oxygen atoms in total. The highest BCUT2D eigenvalue weighted by Gasteiger charge is 2.41. The Bertz CT molecular complexity index is 897. The summed E-state index contributed by atoms with van der Waals surface area (Å²) in [7, 11) is -1.82. The zero-order valence-electron chi connectivity index (χ0n) is 12.3. The minimum Gasteiger partial charge on any atom is -0.302 e. The number of hydrogen-bond acceptors (Lipinski definition) is 4. The van der Waals surface area contributed by atoms with Crippen LogP contribution in [0.15, 0.2) is 27.9 Å². The molecule has 2 aromatic rings. The van der Waals surface area contributed by atoms with Crippen LogP contribution in [-0.2, 0) is 17.1 Å². The normalized spacial score (nSPS) is 27.8. The van der Waals surface area contributed by atoms with E-state index < -0.39 is 10.0 Å². The molecule has 0 spiro atoms. The van der Waals surface area contributed by atoms with Crippen LogP contribution in [0.2, 0.25) is 0 Å². The molecule has 118 valence electrons. The topological polar surface area (TPSA) is 68.2 Å². The van der Waals surface area contributed by atoms with Crippen molar-refractivity contribution in [1.29, 1.82) is 0 Å². The van der Waals surface area contributed by atoms with Gasteiger partial charge in [-0.1, -0.05) is 17.8 Å². The molecule has 1 aromatic heterocycles. The van der Waals surface area contributed by atoms with E-state index >= 15 is 0 Å². The van der Waals surface area contributed by atoms with Crippen molar-refractivity contribution in [1.82, 2.24) is 9.29 Å². The van der Waals surface area contributed by atoms with Gasteiger partial charge in [-0.15, -0.1) is 0 Å². The summed E-state index contributed by atoms with van der Waals surface area (Å²) in [5.74, 6) is 1.19. The summed E-state index contributed by atoms with van der Waals surface area (Å²) in [5.41, 5.74) is 0.772. The first-order valence-corrected chi connectivity index (χ1v) is 9.86. The largest absolute Gasteiger partial charge is 0.307 e. The van der Waals surface area contributed by atoms with E-state index in [4.69, 9.17) is 0 Å². The van der Waals surface area contributed by atoms with Crippen LogP contribution in [-0.4, -0.2) is 19.0 Å². The first kappa shape index (κ1) is 14.4. The second-order valence-electron chi connectivity index (χ2n) is 6.46. The van der Waals surface area contributed by atoms with Crippen molar-refractivity contribution in [3.8, 4) is 0 Å². The Labute approximate surface area is 133 Å². The van der Waals surface area contributed by atoms with Gasteiger partial charge in [0.15, 0.2) is 0 Å². The maximum atomic E-state index is 12.6. The van der Waals surface area contributed by atoms with Crippen LogP contribution in [0.1, 0.15) is 25.7 Å². The predicted octanol–water partition coefficient (Wildman–Crippen LogP) is 2.07. The first-order valence-electron chi connectivity index (χ1n) is 7.56. The molecule has 4 rings (SSSR count). The highest BCUT2D eigenvalue weighted by molar-refractivity contribution is 7.89. The summed E-state index contributed by atoms with van der Waals surface area (Å²) in [5, 5.41) is 0. The standard InChI is InChI=1S/C15H18N2O3S2/c1-17-13-5-4-11(8-14(13)21-15(17)18)22(19,20)16-12-7-9-2-3-10(12)6-9/h4-5,8-10,12,16H,2-3,6-7H2,1H3/t9-,10-,12-/m1/s1. The highest BCUT2D eigenvalue weighted by atomic mass is 32.2. The summed E-state index contributed by atoms with van der Waals surface area (Å²) >= 11 is 1.08. The number of thiazole rings is 1. The second kappa shape index (κ2) is 4.91. The van der Waals surface area contributed by atoms with E-state index in [0.717, 1.165) is 36.1 Å².